The molecule has 3 aromatic rings. The van der Waals surface area contributed by atoms with Crippen molar-refractivity contribution < 1.29 is 9.53 Å². The molecule has 9 heteroatoms. The van der Waals surface area contributed by atoms with Crippen LogP contribution in [0, 0.1) is 0 Å². The maximum absolute atomic E-state index is 12.8. The van der Waals surface area contributed by atoms with Crippen LogP contribution < -0.4 is 10.1 Å². The summed E-state index contributed by atoms with van der Waals surface area (Å²) >= 11 is 0. The number of carbonyl (C=O) groups excluding carboxylic acids is 1. The molecule has 0 aromatic carbocycles. The number of aromatic nitrogens is 6. The standard InChI is InChI=1S/C19H21N7O2/c1-11-6-9-16-23-24-17(25(11)16)14-4-3-5-15(21-14)22-18(27)13-10-20-26(12-7-8-12)19(13)28-2/h3-5,10-12H,6-9H2,1-2H3,(H,21,22,27)/t11-/m0/s1. The summed E-state index contributed by atoms with van der Waals surface area (Å²) in [7, 11) is 1.55. The molecule has 3 aromatic heterocycles. The number of hydrogen-bond donors (Lipinski definition) is 1. The first-order chi connectivity index (χ1) is 13.7. The minimum Gasteiger partial charge on any atom is -0.481 e. The van der Waals surface area contributed by atoms with E-state index in [1.54, 1.807) is 24.1 Å². The zero-order chi connectivity index (χ0) is 19.3. The van der Waals surface area contributed by atoms with Gasteiger partial charge < -0.3 is 14.6 Å². The van der Waals surface area contributed by atoms with E-state index < -0.39 is 0 Å². The van der Waals surface area contributed by atoms with Gasteiger partial charge in [0.2, 0.25) is 5.88 Å². The minimum absolute atomic E-state index is 0.298. The van der Waals surface area contributed by atoms with Gasteiger partial charge in [-0.05, 0) is 38.3 Å². The monoisotopic (exact) mass is 379 g/mol. The molecular formula is C19H21N7O2. The van der Waals surface area contributed by atoms with Gasteiger partial charge in [-0.3, -0.25) is 4.79 Å². The van der Waals surface area contributed by atoms with Crippen LogP contribution in [0.15, 0.2) is 24.4 Å². The van der Waals surface area contributed by atoms with Gasteiger partial charge in [0.25, 0.3) is 5.91 Å². The molecule has 1 fully saturated rings. The van der Waals surface area contributed by atoms with Gasteiger partial charge in [0.15, 0.2) is 5.82 Å². The number of ether oxygens (including phenoxy) is 1. The number of rotatable bonds is 5. The number of nitrogens with zero attached hydrogens (tertiary/aromatic N) is 6. The summed E-state index contributed by atoms with van der Waals surface area (Å²) in [5.41, 5.74) is 1.09. The summed E-state index contributed by atoms with van der Waals surface area (Å²) in [5.74, 6) is 2.35. The van der Waals surface area contributed by atoms with Crippen LogP contribution in [-0.2, 0) is 6.42 Å². The van der Waals surface area contributed by atoms with Gasteiger partial charge in [0.05, 0.1) is 19.3 Å². The second-order valence-corrected chi connectivity index (χ2v) is 7.30. The van der Waals surface area contributed by atoms with E-state index >= 15 is 0 Å². The molecule has 2 aliphatic rings. The van der Waals surface area contributed by atoms with Crippen molar-refractivity contribution in [2.45, 2.75) is 44.7 Å². The summed E-state index contributed by atoms with van der Waals surface area (Å²) in [4.78, 5) is 17.3. The molecule has 5 rings (SSSR count). The predicted octanol–water partition coefficient (Wildman–Crippen LogP) is 2.64. The molecule has 0 saturated heterocycles. The molecule has 0 bridgehead atoms. The van der Waals surface area contributed by atoms with E-state index in [0.717, 1.165) is 37.3 Å². The molecule has 1 amide bonds. The first-order valence-corrected chi connectivity index (χ1v) is 9.49. The van der Waals surface area contributed by atoms with Crippen molar-refractivity contribution in [3.05, 3.63) is 35.8 Å². The van der Waals surface area contributed by atoms with Crippen molar-refractivity contribution in [2.24, 2.45) is 0 Å². The van der Waals surface area contributed by atoms with Crippen LogP contribution in [0.5, 0.6) is 5.88 Å². The summed E-state index contributed by atoms with van der Waals surface area (Å²) in [6, 6.07) is 6.16. The first-order valence-electron chi connectivity index (χ1n) is 9.49. The van der Waals surface area contributed by atoms with Gasteiger partial charge in [0.1, 0.15) is 22.9 Å². The summed E-state index contributed by atoms with van der Waals surface area (Å²) < 4.78 is 9.32. The molecule has 0 radical (unpaired) electrons. The lowest BCUT2D eigenvalue weighted by molar-refractivity contribution is 0.102. The number of pyridine rings is 1. The number of hydrogen-bond acceptors (Lipinski definition) is 6. The van der Waals surface area contributed by atoms with Crippen molar-refractivity contribution in [1.82, 2.24) is 29.5 Å². The lowest BCUT2D eigenvalue weighted by Crippen LogP contribution is -2.14. The highest BCUT2D eigenvalue weighted by molar-refractivity contribution is 6.05. The van der Waals surface area contributed by atoms with Crippen molar-refractivity contribution >= 4 is 11.7 Å². The van der Waals surface area contributed by atoms with Crippen molar-refractivity contribution in [3.8, 4) is 17.4 Å². The number of anilines is 1. The molecule has 0 spiro atoms. The minimum atomic E-state index is -0.298. The van der Waals surface area contributed by atoms with Gasteiger partial charge in [-0.15, -0.1) is 10.2 Å². The van der Waals surface area contributed by atoms with Crippen LogP contribution in [0.25, 0.3) is 11.5 Å². The van der Waals surface area contributed by atoms with E-state index in [9.17, 15) is 4.79 Å². The highest BCUT2D eigenvalue weighted by Gasteiger charge is 2.30. The molecular weight excluding hydrogens is 358 g/mol. The Hall–Kier alpha value is -3.23. The lowest BCUT2D eigenvalue weighted by Gasteiger charge is -2.10. The highest BCUT2D eigenvalue weighted by Crippen LogP contribution is 2.38. The Kier molecular flexibility index (Phi) is 3.88. The molecule has 1 N–H and O–H groups in total. The number of amides is 1. The van der Waals surface area contributed by atoms with Crippen LogP contribution in [0.3, 0.4) is 0 Å². The largest absolute Gasteiger partial charge is 0.481 e. The van der Waals surface area contributed by atoms with E-state index in [4.69, 9.17) is 4.74 Å². The fourth-order valence-corrected chi connectivity index (χ4v) is 3.70. The fraction of sp³-hybridized carbons (Fsp3) is 0.421. The molecule has 0 unspecified atom stereocenters. The number of methoxy groups -OCH3 is 1. The summed E-state index contributed by atoms with van der Waals surface area (Å²) in [5, 5.41) is 15.7. The second-order valence-electron chi connectivity index (χ2n) is 7.30. The maximum atomic E-state index is 12.8. The number of carbonyl (C=O) groups is 1. The number of aryl methyl sites for hydroxylation is 1. The third kappa shape index (κ3) is 2.74. The highest BCUT2D eigenvalue weighted by atomic mass is 16.5. The van der Waals surface area contributed by atoms with Gasteiger partial charge >= 0.3 is 0 Å². The third-order valence-corrected chi connectivity index (χ3v) is 5.29. The molecule has 1 aliphatic carbocycles. The van der Waals surface area contributed by atoms with E-state index in [0.29, 0.717) is 35.0 Å². The molecule has 28 heavy (non-hydrogen) atoms. The SMILES string of the molecule is COc1c(C(=O)Nc2cccc(-c3nnc4n3[C@@H](C)CC4)n2)cnn1C1CC1. The van der Waals surface area contributed by atoms with Crippen LogP contribution in [0.2, 0.25) is 0 Å². The van der Waals surface area contributed by atoms with Crippen molar-refractivity contribution in [3.63, 3.8) is 0 Å². The Morgan fingerprint density at radius 2 is 2.11 bits per heavy atom. The molecule has 9 nitrogen and oxygen atoms in total. The molecule has 1 aliphatic heterocycles. The first kappa shape index (κ1) is 16.9. The number of fused-ring (bicyclic) bond motifs is 1. The van der Waals surface area contributed by atoms with E-state index in [-0.39, 0.29) is 5.91 Å². The second kappa shape index (κ2) is 6.43. The average molecular weight is 379 g/mol. The van der Waals surface area contributed by atoms with E-state index in [2.05, 4.69) is 37.1 Å². The molecule has 4 heterocycles. The summed E-state index contributed by atoms with van der Waals surface area (Å²) in [6.07, 6.45) is 5.64. The van der Waals surface area contributed by atoms with Gasteiger partial charge in [-0.2, -0.15) is 5.10 Å². The zero-order valence-corrected chi connectivity index (χ0v) is 15.8. The van der Waals surface area contributed by atoms with Crippen molar-refractivity contribution in [2.75, 3.05) is 12.4 Å². The van der Waals surface area contributed by atoms with Crippen molar-refractivity contribution in [1.29, 1.82) is 0 Å². The molecule has 1 atom stereocenters. The van der Waals surface area contributed by atoms with Crippen LogP contribution >= 0.6 is 0 Å². The van der Waals surface area contributed by atoms with Gasteiger partial charge in [0, 0.05) is 12.5 Å². The Morgan fingerprint density at radius 3 is 2.89 bits per heavy atom. The lowest BCUT2D eigenvalue weighted by atomic mass is 10.2. The Balaban J connectivity index is 1.41. The van der Waals surface area contributed by atoms with Crippen LogP contribution in [0.4, 0.5) is 5.82 Å². The number of nitrogens with one attached hydrogen (secondary N) is 1. The normalized spacial score (nSPS) is 18.1. The van der Waals surface area contributed by atoms with E-state index in [1.165, 1.54) is 0 Å². The topological polar surface area (TPSA) is 99.8 Å². The predicted molar refractivity (Wildman–Crippen MR) is 101 cm³/mol. The van der Waals surface area contributed by atoms with Gasteiger partial charge in [-0.25, -0.2) is 9.67 Å². The Labute approximate surface area is 161 Å². The van der Waals surface area contributed by atoms with Crippen LogP contribution in [-0.4, -0.2) is 42.5 Å². The summed E-state index contributed by atoms with van der Waals surface area (Å²) in [6.45, 7) is 2.15. The zero-order valence-electron chi connectivity index (χ0n) is 15.8. The smallest absolute Gasteiger partial charge is 0.263 e. The maximum Gasteiger partial charge on any atom is 0.263 e. The third-order valence-electron chi connectivity index (χ3n) is 5.29. The average Bonchev–Trinajstić information content (AvgIpc) is 3.14. The van der Waals surface area contributed by atoms with Gasteiger partial charge in [-0.1, -0.05) is 6.07 Å². The molecule has 144 valence electrons. The van der Waals surface area contributed by atoms with E-state index in [1.807, 2.05) is 12.1 Å². The fourth-order valence-electron chi connectivity index (χ4n) is 3.70. The Morgan fingerprint density at radius 1 is 1.25 bits per heavy atom. The Bertz CT molecular complexity index is 1050. The molecule has 1 saturated carbocycles. The quantitative estimate of drug-likeness (QED) is 0.731. The van der Waals surface area contributed by atoms with Crippen LogP contribution in [0.1, 0.15) is 54.5 Å².